The van der Waals surface area contributed by atoms with Gasteiger partial charge in [0.2, 0.25) is 0 Å². The van der Waals surface area contributed by atoms with Crippen LogP contribution in [0.2, 0.25) is 0 Å². The van der Waals surface area contributed by atoms with Gasteiger partial charge in [-0.1, -0.05) is 30.3 Å². The quantitative estimate of drug-likeness (QED) is 0.781. The van der Waals surface area contributed by atoms with Gasteiger partial charge >= 0.3 is 18.0 Å². The molecule has 1 saturated heterocycles. The van der Waals surface area contributed by atoms with Gasteiger partial charge in [0.1, 0.15) is 10.6 Å². The largest absolute Gasteiger partial charge is 0.481 e. The summed E-state index contributed by atoms with van der Waals surface area (Å²) in [6.07, 6.45) is 0.388. The third-order valence-electron chi connectivity index (χ3n) is 4.76. The van der Waals surface area contributed by atoms with Crippen molar-refractivity contribution >= 4 is 34.3 Å². The second-order valence-electron chi connectivity index (χ2n) is 6.68. The molecule has 0 radical (unpaired) electrons. The van der Waals surface area contributed by atoms with Crippen LogP contribution in [-0.4, -0.2) is 48.2 Å². The Morgan fingerprint density at radius 3 is 2.56 bits per heavy atom. The molecule has 2 aromatic rings. The second kappa shape index (κ2) is 7.40. The van der Waals surface area contributed by atoms with Crippen molar-refractivity contribution in [2.75, 3.05) is 25.5 Å². The molecule has 1 aromatic heterocycles. The first-order valence-electron chi connectivity index (χ1n) is 8.40. The van der Waals surface area contributed by atoms with Crippen molar-refractivity contribution in [3.8, 4) is 11.1 Å². The molecule has 0 spiro atoms. The summed E-state index contributed by atoms with van der Waals surface area (Å²) in [7, 11) is 1.29. The number of ether oxygens (including phenoxy) is 1. The molecule has 1 atom stereocenters. The van der Waals surface area contributed by atoms with E-state index in [1.807, 2.05) is 30.3 Å². The maximum atomic E-state index is 12.6. The van der Waals surface area contributed by atoms with E-state index in [9.17, 15) is 19.5 Å². The number of nitrogens with one attached hydrogen (secondary N) is 1. The Hall–Kier alpha value is -2.87. The molecule has 3 rings (SSSR count). The monoisotopic (exact) mass is 388 g/mol. The summed E-state index contributed by atoms with van der Waals surface area (Å²) in [5.41, 5.74) is 0.865. The van der Waals surface area contributed by atoms with E-state index in [4.69, 9.17) is 4.74 Å². The number of methoxy groups -OCH3 is 1. The highest BCUT2D eigenvalue weighted by atomic mass is 32.1. The average molecular weight is 388 g/mol. The van der Waals surface area contributed by atoms with E-state index in [0.717, 1.165) is 5.56 Å². The smallest absolute Gasteiger partial charge is 0.341 e. The Bertz CT molecular complexity index is 879. The average Bonchev–Trinajstić information content (AvgIpc) is 3.27. The second-order valence-corrected chi connectivity index (χ2v) is 7.56. The molecule has 2 amide bonds. The van der Waals surface area contributed by atoms with Crippen LogP contribution < -0.4 is 5.32 Å². The van der Waals surface area contributed by atoms with E-state index in [-0.39, 0.29) is 6.54 Å². The number of nitrogens with zero attached hydrogens (tertiary/aromatic N) is 1. The van der Waals surface area contributed by atoms with Crippen LogP contribution in [0.15, 0.2) is 35.7 Å². The summed E-state index contributed by atoms with van der Waals surface area (Å²) < 4.78 is 4.89. The first-order chi connectivity index (χ1) is 12.9. The van der Waals surface area contributed by atoms with Crippen molar-refractivity contribution < 1.29 is 24.2 Å². The Morgan fingerprint density at radius 1 is 1.26 bits per heavy atom. The van der Waals surface area contributed by atoms with Crippen LogP contribution in [0.5, 0.6) is 0 Å². The molecule has 27 heavy (non-hydrogen) atoms. The first-order valence-corrected chi connectivity index (χ1v) is 9.28. The minimum absolute atomic E-state index is 0.124. The number of carboxylic acids is 1. The summed E-state index contributed by atoms with van der Waals surface area (Å²) in [4.78, 5) is 37.8. The van der Waals surface area contributed by atoms with Gasteiger partial charge in [-0.25, -0.2) is 9.59 Å². The van der Waals surface area contributed by atoms with E-state index >= 15 is 0 Å². The molecule has 2 N–H and O–H groups in total. The van der Waals surface area contributed by atoms with E-state index in [0.29, 0.717) is 29.1 Å². The maximum Gasteiger partial charge on any atom is 0.341 e. The van der Waals surface area contributed by atoms with Crippen molar-refractivity contribution in [2.24, 2.45) is 5.41 Å². The van der Waals surface area contributed by atoms with Crippen molar-refractivity contribution in [1.29, 1.82) is 0 Å². The van der Waals surface area contributed by atoms with Gasteiger partial charge in [0.05, 0.1) is 12.5 Å². The number of carboxylic acid groups (broad SMARTS) is 1. The first kappa shape index (κ1) is 18.9. The fourth-order valence-corrected chi connectivity index (χ4v) is 4.02. The van der Waals surface area contributed by atoms with Crippen LogP contribution in [0.1, 0.15) is 23.7 Å². The van der Waals surface area contributed by atoms with E-state index in [1.165, 1.54) is 23.3 Å². The van der Waals surface area contributed by atoms with Gasteiger partial charge in [-0.05, 0) is 18.9 Å². The lowest BCUT2D eigenvalue weighted by Gasteiger charge is -2.20. The molecule has 8 heteroatoms. The zero-order valence-corrected chi connectivity index (χ0v) is 15.8. The fourth-order valence-electron chi connectivity index (χ4n) is 3.07. The molecule has 7 nitrogen and oxygen atoms in total. The molecule has 2 heterocycles. The van der Waals surface area contributed by atoms with Crippen LogP contribution >= 0.6 is 11.3 Å². The summed E-state index contributed by atoms with van der Waals surface area (Å²) in [6.45, 7) is 2.10. The summed E-state index contributed by atoms with van der Waals surface area (Å²) >= 11 is 1.23. The number of hydrogen-bond acceptors (Lipinski definition) is 5. The Kier molecular flexibility index (Phi) is 5.18. The molecule has 1 aromatic carbocycles. The van der Waals surface area contributed by atoms with Crippen molar-refractivity contribution in [3.63, 3.8) is 0 Å². The Morgan fingerprint density at radius 2 is 1.96 bits per heavy atom. The standard InChI is InChI=1S/C19H20N2O5S/c1-19(17(23)24)8-9-21(11-19)18(25)20-15-14(16(22)26-2)13(10-27-15)12-6-4-3-5-7-12/h3-7,10H,8-9,11H2,1-2H3,(H,20,25)(H,23,24). The number of urea groups is 1. The number of benzene rings is 1. The number of aliphatic carboxylic acids is 1. The topological polar surface area (TPSA) is 95.9 Å². The number of esters is 1. The summed E-state index contributed by atoms with van der Waals surface area (Å²) in [5.74, 6) is -1.46. The molecule has 1 aliphatic rings. The van der Waals surface area contributed by atoms with E-state index in [1.54, 1.807) is 12.3 Å². The van der Waals surface area contributed by atoms with Crippen LogP contribution in [0.4, 0.5) is 9.80 Å². The molecule has 1 fully saturated rings. The summed E-state index contributed by atoms with van der Waals surface area (Å²) in [6, 6.07) is 8.93. The van der Waals surface area contributed by atoms with Crippen molar-refractivity contribution in [2.45, 2.75) is 13.3 Å². The van der Waals surface area contributed by atoms with Crippen LogP contribution in [0, 0.1) is 5.41 Å². The number of carbonyl (C=O) groups excluding carboxylic acids is 2. The van der Waals surface area contributed by atoms with E-state index < -0.39 is 23.4 Å². The number of anilines is 1. The molecule has 0 saturated carbocycles. The maximum absolute atomic E-state index is 12.6. The lowest BCUT2D eigenvalue weighted by molar-refractivity contribution is -0.146. The molecular formula is C19H20N2O5S. The highest BCUT2D eigenvalue weighted by Crippen LogP contribution is 2.37. The zero-order chi connectivity index (χ0) is 19.6. The molecule has 1 unspecified atom stereocenters. The van der Waals surface area contributed by atoms with Gasteiger partial charge in [0, 0.05) is 24.0 Å². The van der Waals surface area contributed by atoms with Gasteiger partial charge in [-0.15, -0.1) is 11.3 Å². The number of likely N-dealkylation sites (tertiary alicyclic amines) is 1. The SMILES string of the molecule is COC(=O)c1c(-c2ccccc2)csc1NC(=O)N1CCC(C)(C(=O)O)C1. The Balaban J connectivity index is 1.85. The van der Waals surface area contributed by atoms with Crippen LogP contribution in [0.3, 0.4) is 0 Å². The number of amides is 2. The van der Waals surface area contributed by atoms with Gasteiger partial charge in [0.25, 0.3) is 0 Å². The predicted octanol–water partition coefficient (Wildman–Crippen LogP) is 3.53. The van der Waals surface area contributed by atoms with E-state index in [2.05, 4.69) is 5.32 Å². The number of hydrogen-bond donors (Lipinski definition) is 2. The molecular weight excluding hydrogens is 368 g/mol. The van der Waals surface area contributed by atoms with Crippen LogP contribution in [0.25, 0.3) is 11.1 Å². The minimum Gasteiger partial charge on any atom is -0.481 e. The fraction of sp³-hybridized carbons (Fsp3) is 0.316. The minimum atomic E-state index is -0.951. The van der Waals surface area contributed by atoms with Crippen molar-refractivity contribution in [1.82, 2.24) is 4.90 Å². The highest BCUT2D eigenvalue weighted by molar-refractivity contribution is 7.15. The number of carbonyl (C=O) groups is 3. The predicted molar refractivity (Wildman–Crippen MR) is 102 cm³/mol. The Labute approximate surface area is 160 Å². The third kappa shape index (κ3) is 3.66. The highest BCUT2D eigenvalue weighted by Gasteiger charge is 2.42. The number of thiophene rings is 1. The normalized spacial score (nSPS) is 19.0. The number of rotatable bonds is 4. The molecule has 142 valence electrons. The van der Waals surface area contributed by atoms with Gasteiger partial charge in [-0.2, -0.15) is 0 Å². The summed E-state index contributed by atoms with van der Waals surface area (Å²) in [5, 5.41) is 14.2. The van der Waals surface area contributed by atoms with Gasteiger partial charge in [-0.3, -0.25) is 10.1 Å². The molecule has 0 aliphatic carbocycles. The lowest BCUT2D eigenvalue weighted by Crippen LogP contribution is -2.37. The molecule has 1 aliphatic heterocycles. The zero-order valence-electron chi connectivity index (χ0n) is 15.0. The van der Waals surface area contributed by atoms with Gasteiger partial charge in [0.15, 0.2) is 0 Å². The van der Waals surface area contributed by atoms with Gasteiger partial charge < -0.3 is 14.7 Å². The lowest BCUT2D eigenvalue weighted by atomic mass is 9.90. The molecule has 0 bridgehead atoms. The third-order valence-corrected chi connectivity index (χ3v) is 5.66. The van der Waals surface area contributed by atoms with Crippen LogP contribution in [-0.2, 0) is 9.53 Å². The van der Waals surface area contributed by atoms with Crippen molar-refractivity contribution in [3.05, 3.63) is 41.3 Å².